The largest absolute Gasteiger partial charge is 0.444 e. The van der Waals surface area contributed by atoms with Crippen molar-refractivity contribution >= 4 is 12.0 Å². The molecular weight excluding hydrogens is 324 g/mol. The van der Waals surface area contributed by atoms with Crippen LogP contribution in [0.3, 0.4) is 0 Å². The molecule has 2 amide bonds. The van der Waals surface area contributed by atoms with Gasteiger partial charge in [0.15, 0.2) is 6.29 Å². The highest BCUT2D eigenvalue weighted by atomic mass is 16.7. The average Bonchev–Trinajstić information content (AvgIpc) is 2.50. The van der Waals surface area contributed by atoms with Gasteiger partial charge in [0.25, 0.3) is 0 Å². The van der Waals surface area contributed by atoms with Crippen molar-refractivity contribution in [2.45, 2.75) is 79.2 Å². The third-order valence-electron chi connectivity index (χ3n) is 3.33. The summed E-state index contributed by atoms with van der Waals surface area (Å²) in [5.41, 5.74) is -0.608. The molecular formula is C18H36N2O5. The van der Waals surface area contributed by atoms with Crippen LogP contribution in [0.15, 0.2) is 0 Å². The third kappa shape index (κ3) is 10.3. The van der Waals surface area contributed by atoms with E-state index < -0.39 is 24.0 Å². The highest BCUT2D eigenvalue weighted by molar-refractivity contribution is 5.85. The summed E-state index contributed by atoms with van der Waals surface area (Å²) in [6.45, 7) is 14.8. The number of carbonyl (C=O) groups is 2. The van der Waals surface area contributed by atoms with Crippen LogP contribution in [-0.4, -0.2) is 61.1 Å². The maximum absolute atomic E-state index is 12.9. The Morgan fingerprint density at radius 2 is 1.60 bits per heavy atom. The quantitative estimate of drug-likeness (QED) is 0.573. The van der Waals surface area contributed by atoms with Crippen molar-refractivity contribution in [2.24, 2.45) is 0 Å². The Labute approximate surface area is 152 Å². The number of likely N-dealkylation sites (N-methyl/N-ethyl adjacent to an activating group) is 1. The maximum atomic E-state index is 12.9. The molecule has 1 N–H and O–H groups in total. The van der Waals surface area contributed by atoms with E-state index >= 15 is 0 Å². The van der Waals surface area contributed by atoms with Crippen LogP contribution in [0.4, 0.5) is 4.79 Å². The van der Waals surface area contributed by atoms with Gasteiger partial charge < -0.3 is 24.4 Å². The lowest BCUT2D eigenvalue weighted by Crippen LogP contribution is -2.51. The van der Waals surface area contributed by atoms with E-state index in [0.717, 1.165) is 6.42 Å². The molecule has 0 aromatic heterocycles. The molecule has 25 heavy (non-hydrogen) atoms. The Bertz CT molecular complexity index is 389. The molecule has 7 nitrogen and oxygen atoms in total. The zero-order chi connectivity index (χ0) is 19.5. The van der Waals surface area contributed by atoms with Gasteiger partial charge in [0.2, 0.25) is 5.91 Å². The molecule has 0 spiro atoms. The van der Waals surface area contributed by atoms with E-state index in [1.54, 1.807) is 25.7 Å². The maximum Gasteiger partial charge on any atom is 0.408 e. The van der Waals surface area contributed by atoms with Gasteiger partial charge in [-0.15, -0.1) is 0 Å². The van der Waals surface area contributed by atoms with Gasteiger partial charge in [-0.05, 0) is 48.0 Å². The second-order valence-electron chi connectivity index (χ2n) is 6.70. The first kappa shape index (κ1) is 23.7. The summed E-state index contributed by atoms with van der Waals surface area (Å²) in [7, 11) is 0. The van der Waals surface area contributed by atoms with Crippen LogP contribution in [0.2, 0.25) is 0 Å². The number of hydrogen-bond acceptors (Lipinski definition) is 5. The Balaban J connectivity index is 4.97. The van der Waals surface area contributed by atoms with Crippen LogP contribution in [0.5, 0.6) is 0 Å². The van der Waals surface area contributed by atoms with Crippen molar-refractivity contribution in [3.63, 3.8) is 0 Å². The zero-order valence-corrected chi connectivity index (χ0v) is 16.9. The number of alkyl carbamates (subject to hydrolysis) is 1. The van der Waals surface area contributed by atoms with E-state index in [0.29, 0.717) is 32.7 Å². The number of carbonyl (C=O) groups excluding carboxylic acids is 2. The van der Waals surface area contributed by atoms with Crippen molar-refractivity contribution in [3.05, 3.63) is 0 Å². The molecule has 0 fully saturated rings. The number of nitrogens with zero attached hydrogens (tertiary/aromatic N) is 1. The van der Waals surface area contributed by atoms with Gasteiger partial charge >= 0.3 is 6.09 Å². The van der Waals surface area contributed by atoms with Crippen LogP contribution in [-0.2, 0) is 19.0 Å². The minimum atomic E-state index is -0.622. The van der Waals surface area contributed by atoms with E-state index in [1.165, 1.54) is 0 Å². The van der Waals surface area contributed by atoms with Gasteiger partial charge in [-0.25, -0.2) is 4.79 Å². The second kappa shape index (κ2) is 12.1. The van der Waals surface area contributed by atoms with E-state index in [1.807, 2.05) is 27.7 Å². The summed E-state index contributed by atoms with van der Waals surface area (Å²) in [5.74, 6) is -0.153. The van der Waals surface area contributed by atoms with Gasteiger partial charge in [0.05, 0.1) is 6.54 Å². The molecule has 7 heteroatoms. The monoisotopic (exact) mass is 360 g/mol. The minimum Gasteiger partial charge on any atom is -0.444 e. The number of rotatable bonds is 11. The third-order valence-corrected chi connectivity index (χ3v) is 3.33. The molecule has 0 aliphatic rings. The highest BCUT2D eigenvalue weighted by Gasteiger charge is 2.28. The average molecular weight is 360 g/mol. The fourth-order valence-electron chi connectivity index (χ4n) is 2.30. The molecule has 0 aliphatic carbocycles. The van der Waals surface area contributed by atoms with Crippen LogP contribution in [0.1, 0.15) is 61.3 Å². The van der Waals surface area contributed by atoms with Gasteiger partial charge in [-0.2, -0.15) is 0 Å². The molecule has 0 aromatic rings. The molecule has 1 atom stereocenters. The number of amides is 2. The van der Waals surface area contributed by atoms with Crippen molar-refractivity contribution in [1.29, 1.82) is 0 Å². The Kier molecular flexibility index (Phi) is 11.4. The van der Waals surface area contributed by atoms with E-state index in [2.05, 4.69) is 5.32 Å². The lowest BCUT2D eigenvalue weighted by molar-refractivity contribution is -0.159. The summed E-state index contributed by atoms with van der Waals surface area (Å²) < 4.78 is 16.3. The van der Waals surface area contributed by atoms with Crippen molar-refractivity contribution in [2.75, 3.05) is 26.3 Å². The molecule has 0 radical (unpaired) electrons. The van der Waals surface area contributed by atoms with Gasteiger partial charge in [0.1, 0.15) is 11.6 Å². The fourth-order valence-corrected chi connectivity index (χ4v) is 2.30. The SMILES string of the molecule is CCC[C@@H](NC(=O)OC(C)(C)C)C(=O)N(CC)CC(OCC)OCC. The molecule has 0 aromatic carbocycles. The molecule has 148 valence electrons. The Morgan fingerprint density at radius 1 is 1.04 bits per heavy atom. The van der Waals surface area contributed by atoms with Gasteiger partial charge in [-0.1, -0.05) is 13.3 Å². The summed E-state index contributed by atoms with van der Waals surface area (Å²) in [6, 6.07) is -0.622. The Morgan fingerprint density at radius 3 is 2.00 bits per heavy atom. The standard InChI is InChI=1S/C18H36N2O5/c1-8-12-14(19-17(22)25-18(5,6)7)16(21)20(9-2)13-15(23-10-3)24-11-4/h14-15H,8-13H2,1-7H3,(H,19,22)/t14-/m1/s1. The lowest BCUT2D eigenvalue weighted by Gasteiger charge is -2.30. The molecule has 0 saturated heterocycles. The molecule has 0 rings (SSSR count). The zero-order valence-electron chi connectivity index (χ0n) is 16.9. The van der Waals surface area contributed by atoms with E-state index in [-0.39, 0.29) is 5.91 Å². The summed E-state index contributed by atoms with van der Waals surface area (Å²) in [6.07, 6.45) is 0.260. The molecule has 0 unspecified atom stereocenters. The molecule has 0 aliphatic heterocycles. The topological polar surface area (TPSA) is 77.1 Å². The van der Waals surface area contributed by atoms with Crippen molar-refractivity contribution < 1.29 is 23.8 Å². The van der Waals surface area contributed by atoms with Crippen molar-refractivity contribution in [1.82, 2.24) is 10.2 Å². The lowest BCUT2D eigenvalue weighted by atomic mass is 10.1. The van der Waals surface area contributed by atoms with Crippen molar-refractivity contribution in [3.8, 4) is 0 Å². The molecule has 0 saturated carbocycles. The van der Waals surface area contributed by atoms with Crippen LogP contribution in [0, 0.1) is 0 Å². The number of hydrogen-bond donors (Lipinski definition) is 1. The number of ether oxygens (including phenoxy) is 3. The fraction of sp³-hybridized carbons (Fsp3) is 0.889. The highest BCUT2D eigenvalue weighted by Crippen LogP contribution is 2.10. The van der Waals surface area contributed by atoms with Crippen LogP contribution >= 0.6 is 0 Å². The first-order valence-corrected chi connectivity index (χ1v) is 9.19. The van der Waals surface area contributed by atoms with E-state index in [9.17, 15) is 9.59 Å². The minimum absolute atomic E-state index is 0.153. The predicted octanol–water partition coefficient (Wildman–Crippen LogP) is 2.93. The van der Waals surface area contributed by atoms with Gasteiger partial charge in [-0.3, -0.25) is 4.79 Å². The summed E-state index contributed by atoms with van der Waals surface area (Å²) >= 11 is 0. The van der Waals surface area contributed by atoms with Gasteiger partial charge in [0, 0.05) is 19.8 Å². The van der Waals surface area contributed by atoms with E-state index in [4.69, 9.17) is 14.2 Å². The van der Waals surface area contributed by atoms with Crippen LogP contribution < -0.4 is 5.32 Å². The summed E-state index contributed by atoms with van der Waals surface area (Å²) in [4.78, 5) is 26.5. The second-order valence-corrected chi connectivity index (χ2v) is 6.70. The number of nitrogens with one attached hydrogen (secondary N) is 1. The first-order valence-electron chi connectivity index (χ1n) is 9.19. The molecule has 0 bridgehead atoms. The smallest absolute Gasteiger partial charge is 0.408 e. The molecule has 0 heterocycles. The Hall–Kier alpha value is -1.34. The summed E-state index contributed by atoms with van der Waals surface area (Å²) in [5, 5.41) is 2.69. The van der Waals surface area contributed by atoms with Crippen LogP contribution in [0.25, 0.3) is 0 Å². The first-order chi connectivity index (χ1) is 11.7. The normalized spacial score (nSPS) is 12.8. The predicted molar refractivity (Wildman–Crippen MR) is 97.4 cm³/mol.